The summed E-state index contributed by atoms with van der Waals surface area (Å²) in [4.78, 5) is 12.0. The summed E-state index contributed by atoms with van der Waals surface area (Å²) in [5.74, 6) is -0.781. The van der Waals surface area contributed by atoms with Gasteiger partial charge in [-0.15, -0.1) is 0 Å². The second-order valence-corrected chi connectivity index (χ2v) is 5.23. The predicted molar refractivity (Wildman–Crippen MR) is 84.1 cm³/mol. The number of carbonyl (C=O) groups excluding carboxylic acids is 1. The first kappa shape index (κ1) is 18.4. The van der Waals surface area contributed by atoms with E-state index in [0.717, 1.165) is 6.07 Å². The average molecular weight is 371 g/mol. The van der Waals surface area contributed by atoms with E-state index in [1.165, 1.54) is 24.3 Å². The Kier molecular flexibility index (Phi) is 5.36. The predicted octanol–water partition coefficient (Wildman–Crippen LogP) is 3.79. The van der Waals surface area contributed by atoms with Crippen molar-refractivity contribution >= 4 is 28.9 Å². The Morgan fingerprint density at radius 3 is 2.52 bits per heavy atom. The van der Waals surface area contributed by atoms with E-state index in [1.807, 2.05) is 5.48 Å². The highest BCUT2D eigenvalue weighted by molar-refractivity contribution is 6.31. The van der Waals surface area contributed by atoms with Crippen LogP contribution in [0.15, 0.2) is 36.4 Å². The van der Waals surface area contributed by atoms with Crippen molar-refractivity contribution in [3.8, 4) is 6.07 Å². The second kappa shape index (κ2) is 7.29. The number of hydrazine groups is 1. The van der Waals surface area contributed by atoms with Crippen molar-refractivity contribution in [1.29, 1.82) is 5.26 Å². The molecule has 0 bridgehead atoms. The van der Waals surface area contributed by atoms with Gasteiger partial charge < -0.3 is 0 Å². The van der Waals surface area contributed by atoms with Crippen LogP contribution in [0.4, 0.5) is 24.5 Å². The molecule has 1 amide bonds. The first-order chi connectivity index (χ1) is 11.7. The minimum Gasteiger partial charge on any atom is -0.298 e. The number of alkyl halides is 3. The summed E-state index contributed by atoms with van der Waals surface area (Å²) in [5, 5.41) is 17.7. The quantitative estimate of drug-likeness (QED) is 0.614. The van der Waals surface area contributed by atoms with Crippen LogP contribution in [0.3, 0.4) is 0 Å². The molecule has 0 heterocycles. The van der Waals surface area contributed by atoms with Crippen molar-refractivity contribution in [3.63, 3.8) is 0 Å². The average Bonchev–Trinajstić information content (AvgIpc) is 2.58. The Labute approximate surface area is 144 Å². The first-order valence-corrected chi connectivity index (χ1v) is 7.01. The first-order valence-electron chi connectivity index (χ1n) is 6.63. The Bertz CT molecular complexity index is 850. The van der Waals surface area contributed by atoms with Gasteiger partial charge >= 0.3 is 6.18 Å². The molecule has 2 aromatic rings. The van der Waals surface area contributed by atoms with Gasteiger partial charge in [0.25, 0.3) is 5.91 Å². The number of nitriles is 1. The van der Waals surface area contributed by atoms with Gasteiger partial charge in [-0.05, 0) is 36.4 Å². The fraction of sp³-hybridized carbons (Fsp3) is 0.0667. The van der Waals surface area contributed by atoms with Crippen LogP contribution in [0.25, 0.3) is 0 Å². The molecule has 0 unspecified atom stereocenters. The lowest BCUT2D eigenvalue weighted by Crippen LogP contribution is -2.30. The Hall–Kier alpha value is -2.96. The fourth-order valence-electron chi connectivity index (χ4n) is 1.94. The van der Waals surface area contributed by atoms with E-state index in [1.54, 1.807) is 6.07 Å². The van der Waals surface area contributed by atoms with Crippen LogP contribution in [0.5, 0.6) is 0 Å². The summed E-state index contributed by atoms with van der Waals surface area (Å²) in [6, 6.07) is 8.34. The van der Waals surface area contributed by atoms with Crippen molar-refractivity contribution in [1.82, 2.24) is 5.43 Å². The van der Waals surface area contributed by atoms with Crippen LogP contribution >= 0.6 is 11.6 Å². The van der Waals surface area contributed by atoms with Gasteiger partial charge in [-0.25, -0.2) is 0 Å². The summed E-state index contributed by atoms with van der Waals surface area (Å²) in [7, 11) is 0. The van der Waals surface area contributed by atoms with Crippen LogP contribution in [0.2, 0.25) is 5.02 Å². The molecule has 0 aliphatic heterocycles. The van der Waals surface area contributed by atoms with Gasteiger partial charge in [0, 0.05) is 10.6 Å². The van der Waals surface area contributed by atoms with Crippen LogP contribution in [0, 0.1) is 11.3 Å². The molecule has 0 spiro atoms. The minimum absolute atomic E-state index is 0.00115. The molecular formula is C15H10ClF3N4O2. The van der Waals surface area contributed by atoms with Crippen LogP contribution in [-0.4, -0.2) is 11.1 Å². The lowest BCUT2D eigenvalue weighted by molar-refractivity contribution is -0.137. The third kappa shape index (κ3) is 4.53. The highest BCUT2D eigenvalue weighted by Gasteiger charge is 2.34. The highest BCUT2D eigenvalue weighted by Crippen LogP contribution is 2.35. The lowest BCUT2D eigenvalue weighted by atomic mass is 10.1. The Morgan fingerprint density at radius 1 is 1.20 bits per heavy atom. The van der Waals surface area contributed by atoms with Gasteiger partial charge in [0.1, 0.15) is 0 Å². The van der Waals surface area contributed by atoms with E-state index >= 15 is 0 Å². The maximum Gasteiger partial charge on any atom is 0.418 e. The summed E-state index contributed by atoms with van der Waals surface area (Å²) >= 11 is 5.78. The zero-order valence-corrected chi connectivity index (χ0v) is 13.0. The zero-order chi connectivity index (χ0) is 18.6. The molecule has 0 radical (unpaired) electrons. The SMILES string of the molecule is N#Cc1ccc(NNC(=O)c2cc(Cl)cc(NO)c2)c(C(F)(F)F)c1. The van der Waals surface area contributed by atoms with E-state index in [2.05, 4.69) is 10.9 Å². The van der Waals surface area contributed by atoms with Crippen molar-refractivity contribution in [2.75, 3.05) is 10.9 Å². The monoisotopic (exact) mass is 370 g/mol. The molecule has 10 heteroatoms. The fourth-order valence-corrected chi connectivity index (χ4v) is 2.17. The van der Waals surface area contributed by atoms with Gasteiger partial charge in [-0.3, -0.25) is 26.3 Å². The Morgan fingerprint density at radius 2 is 1.92 bits per heavy atom. The number of hydrogen-bond donors (Lipinski definition) is 4. The lowest BCUT2D eigenvalue weighted by Gasteiger charge is -2.15. The van der Waals surface area contributed by atoms with E-state index in [9.17, 15) is 18.0 Å². The molecular weight excluding hydrogens is 361 g/mol. The third-order valence-electron chi connectivity index (χ3n) is 3.05. The van der Waals surface area contributed by atoms with E-state index in [0.29, 0.717) is 6.07 Å². The topological polar surface area (TPSA) is 97.2 Å². The molecule has 4 N–H and O–H groups in total. The summed E-state index contributed by atoms with van der Waals surface area (Å²) < 4.78 is 39.1. The normalized spacial score (nSPS) is 10.7. The molecule has 0 fully saturated rings. The van der Waals surface area contributed by atoms with E-state index < -0.39 is 23.3 Å². The summed E-state index contributed by atoms with van der Waals surface area (Å²) in [6.45, 7) is 0. The molecule has 25 heavy (non-hydrogen) atoms. The van der Waals surface area contributed by atoms with Crippen molar-refractivity contribution < 1.29 is 23.2 Å². The van der Waals surface area contributed by atoms with Crippen LogP contribution < -0.4 is 16.3 Å². The zero-order valence-electron chi connectivity index (χ0n) is 12.3. The maximum absolute atomic E-state index is 13.0. The maximum atomic E-state index is 13.0. The highest BCUT2D eigenvalue weighted by atomic mass is 35.5. The number of halogens is 4. The molecule has 2 aromatic carbocycles. The number of nitrogens with zero attached hydrogens (tertiary/aromatic N) is 1. The van der Waals surface area contributed by atoms with Crippen molar-refractivity contribution in [2.24, 2.45) is 0 Å². The molecule has 0 aliphatic rings. The van der Waals surface area contributed by atoms with Crippen molar-refractivity contribution in [2.45, 2.75) is 6.18 Å². The van der Waals surface area contributed by atoms with Gasteiger partial charge in [0.2, 0.25) is 0 Å². The van der Waals surface area contributed by atoms with Gasteiger partial charge in [0.15, 0.2) is 0 Å². The van der Waals surface area contributed by atoms with Gasteiger partial charge in [0.05, 0.1) is 28.6 Å². The van der Waals surface area contributed by atoms with E-state index in [4.69, 9.17) is 22.1 Å². The van der Waals surface area contributed by atoms with Crippen molar-refractivity contribution in [3.05, 3.63) is 58.1 Å². The second-order valence-electron chi connectivity index (χ2n) is 4.79. The molecule has 0 aromatic heterocycles. The molecule has 0 aliphatic carbocycles. The van der Waals surface area contributed by atoms with Gasteiger partial charge in [-0.1, -0.05) is 11.6 Å². The third-order valence-corrected chi connectivity index (χ3v) is 3.27. The molecule has 130 valence electrons. The molecule has 0 saturated heterocycles. The molecule has 2 rings (SSSR count). The molecule has 0 atom stereocenters. The number of nitrogens with one attached hydrogen (secondary N) is 3. The number of benzene rings is 2. The number of carbonyl (C=O) groups is 1. The number of rotatable bonds is 4. The Balaban J connectivity index is 2.23. The minimum atomic E-state index is -4.72. The number of hydrogen-bond acceptors (Lipinski definition) is 5. The summed E-state index contributed by atoms with van der Waals surface area (Å²) in [6.07, 6.45) is -4.72. The molecule has 6 nitrogen and oxygen atoms in total. The van der Waals surface area contributed by atoms with Crippen LogP contribution in [-0.2, 0) is 6.18 Å². The van der Waals surface area contributed by atoms with Crippen LogP contribution in [0.1, 0.15) is 21.5 Å². The smallest absolute Gasteiger partial charge is 0.298 e. The van der Waals surface area contributed by atoms with Gasteiger partial charge in [-0.2, -0.15) is 18.4 Å². The summed E-state index contributed by atoms with van der Waals surface area (Å²) in [5.41, 5.74) is 4.52. The number of anilines is 2. The standard InChI is InChI=1S/C15H10ClF3N4O2/c16-10-4-9(5-11(6-10)23-25)14(24)22-21-13-2-1-8(7-20)3-12(13)15(17,18)19/h1-6,21,23,25H,(H,22,24). The number of amides is 1. The van der Waals surface area contributed by atoms with E-state index in [-0.39, 0.29) is 21.8 Å². The largest absolute Gasteiger partial charge is 0.418 e. The molecule has 0 saturated carbocycles.